The molecule has 1 fully saturated rings. The van der Waals surface area contributed by atoms with Gasteiger partial charge in [0.1, 0.15) is 6.04 Å². The van der Waals surface area contributed by atoms with Gasteiger partial charge >= 0.3 is 0 Å². The first-order valence-electron chi connectivity index (χ1n) is 10.6. The number of aryl methyl sites for hydroxylation is 2. The number of hydrazine groups is 1. The first kappa shape index (κ1) is 20.4. The van der Waals surface area contributed by atoms with Crippen LogP contribution in [0.4, 0.5) is 5.69 Å². The Labute approximate surface area is 178 Å². The summed E-state index contributed by atoms with van der Waals surface area (Å²) < 4.78 is 0. The highest BCUT2D eigenvalue weighted by atomic mass is 16.2. The Hall–Kier alpha value is -2.89. The van der Waals surface area contributed by atoms with Crippen molar-refractivity contribution in [3.05, 3.63) is 77.4 Å². The smallest absolute Gasteiger partial charge is 0.260 e. The lowest BCUT2D eigenvalue weighted by molar-refractivity contribution is -0.126. The molecule has 5 nitrogen and oxygen atoms in total. The zero-order valence-corrected chi connectivity index (χ0v) is 18.0. The van der Waals surface area contributed by atoms with Gasteiger partial charge in [0, 0.05) is 26.2 Å². The average molecular weight is 403 g/mol. The van der Waals surface area contributed by atoms with Crippen molar-refractivity contribution in [3.63, 3.8) is 0 Å². The number of piperazine rings is 1. The van der Waals surface area contributed by atoms with E-state index >= 15 is 0 Å². The number of benzene rings is 3. The first-order chi connectivity index (χ1) is 14.5. The van der Waals surface area contributed by atoms with Crippen LogP contribution in [-0.4, -0.2) is 48.9 Å². The van der Waals surface area contributed by atoms with E-state index < -0.39 is 0 Å². The van der Waals surface area contributed by atoms with Crippen molar-refractivity contribution in [3.8, 4) is 0 Å². The lowest BCUT2D eigenvalue weighted by Crippen LogP contribution is -2.50. The third-order valence-corrected chi connectivity index (χ3v) is 5.82. The van der Waals surface area contributed by atoms with E-state index in [0.717, 1.165) is 59.3 Å². The number of anilines is 1. The molecule has 1 saturated heterocycles. The highest BCUT2D eigenvalue weighted by molar-refractivity contribution is 5.93. The molecular weight excluding hydrogens is 372 g/mol. The average Bonchev–Trinajstić information content (AvgIpc) is 2.73. The van der Waals surface area contributed by atoms with Crippen LogP contribution in [0.1, 0.15) is 22.7 Å². The molecule has 1 aliphatic rings. The molecule has 2 N–H and O–H groups in total. The number of hydrogen-bond acceptors (Lipinski definition) is 4. The molecule has 1 atom stereocenters. The van der Waals surface area contributed by atoms with Crippen LogP contribution >= 0.6 is 0 Å². The Balaban J connectivity index is 1.63. The zero-order valence-electron chi connectivity index (χ0n) is 18.0. The third kappa shape index (κ3) is 4.48. The Morgan fingerprint density at radius 2 is 1.57 bits per heavy atom. The minimum Gasteiger partial charge on any atom is -0.304 e. The molecule has 0 saturated carbocycles. The van der Waals surface area contributed by atoms with E-state index in [2.05, 4.69) is 71.9 Å². The molecule has 3 aromatic rings. The van der Waals surface area contributed by atoms with Gasteiger partial charge in [0.05, 0.1) is 5.69 Å². The molecule has 1 amide bonds. The summed E-state index contributed by atoms with van der Waals surface area (Å²) in [6, 6.07) is 20.4. The number of amides is 1. The zero-order chi connectivity index (χ0) is 21.1. The fourth-order valence-electron chi connectivity index (χ4n) is 4.32. The van der Waals surface area contributed by atoms with E-state index in [-0.39, 0.29) is 11.9 Å². The van der Waals surface area contributed by atoms with Gasteiger partial charge in [-0.05, 0) is 60.5 Å². The quantitative estimate of drug-likeness (QED) is 0.636. The van der Waals surface area contributed by atoms with Gasteiger partial charge in [-0.3, -0.25) is 20.5 Å². The predicted molar refractivity (Wildman–Crippen MR) is 123 cm³/mol. The summed E-state index contributed by atoms with van der Waals surface area (Å²) in [5.74, 6) is -0.0323. The number of carbonyl (C=O) groups is 1. The molecule has 30 heavy (non-hydrogen) atoms. The lowest BCUT2D eigenvalue weighted by Gasteiger charge is -2.37. The van der Waals surface area contributed by atoms with E-state index in [1.165, 1.54) is 0 Å². The van der Waals surface area contributed by atoms with Crippen molar-refractivity contribution in [1.29, 1.82) is 0 Å². The molecule has 156 valence electrons. The van der Waals surface area contributed by atoms with Crippen molar-refractivity contribution in [2.24, 2.45) is 0 Å². The number of fused-ring (bicyclic) bond motifs is 1. The van der Waals surface area contributed by atoms with Gasteiger partial charge in [0.2, 0.25) is 0 Å². The van der Waals surface area contributed by atoms with E-state index in [9.17, 15) is 4.79 Å². The predicted octanol–water partition coefficient (Wildman–Crippen LogP) is 3.89. The van der Waals surface area contributed by atoms with Crippen LogP contribution in [0.2, 0.25) is 0 Å². The summed E-state index contributed by atoms with van der Waals surface area (Å²) >= 11 is 0. The van der Waals surface area contributed by atoms with Gasteiger partial charge in [-0.2, -0.15) is 0 Å². The van der Waals surface area contributed by atoms with Crippen molar-refractivity contribution in [1.82, 2.24) is 15.2 Å². The normalized spacial score (nSPS) is 16.4. The number of nitrogens with zero attached hydrogens (tertiary/aromatic N) is 2. The molecule has 0 radical (unpaired) electrons. The standard InChI is InChI=1S/C25H30N4O/c1-18-15-19(2)17-21(16-18)26-27-25(30)24(29-13-11-28(3)12-14-29)23-10-6-8-20-7-4-5-9-22(20)23/h4-10,15-17,24,26H,11-14H2,1-3H3,(H,27,30). The summed E-state index contributed by atoms with van der Waals surface area (Å²) in [6.45, 7) is 7.76. The maximum absolute atomic E-state index is 13.5. The highest BCUT2D eigenvalue weighted by Crippen LogP contribution is 2.29. The highest BCUT2D eigenvalue weighted by Gasteiger charge is 2.31. The summed E-state index contributed by atoms with van der Waals surface area (Å²) in [5.41, 5.74) is 10.4. The lowest BCUT2D eigenvalue weighted by atomic mass is 9.96. The van der Waals surface area contributed by atoms with E-state index in [1.54, 1.807) is 0 Å². The van der Waals surface area contributed by atoms with Gasteiger partial charge in [-0.25, -0.2) is 0 Å². The van der Waals surface area contributed by atoms with Crippen molar-refractivity contribution in [2.75, 3.05) is 38.7 Å². The molecule has 1 aliphatic heterocycles. The van der Waals surface area contributed by atoms with Gasteiger partial charge in [0.25, 0.3) is 5.91 Å². The Morgan fingerprint density at radius 3 is 2.30 bits per heavy atom. The number of likely N-dealkylation sites (N-methyl/N-ethyl adjacent to an activating group) is 1. The maximum atomic E-state index is 13.5. The molecule has 5 heteroatoms. The summed E-state index contributed by atoms with van der Waals surface area (Å²) in [5, 5.41) is 2.29. The molecule has 4 rings (SSSR count). The van der Waals surface area contributed by atoms with Crippen LogP contribution in [0.15, 0.2) is 60.7 Å². The molecule has 0 aromatic heterocycles. The van der Waals surface area contributed by atoms with Crippen molar-refractivity contribution in [2.45, 2.75) is 19.9 Å². The van der Waals surface area contributed by atoms with E-state index in [4.69, 9.17) is 0 Å². The maximum Gasteiger partial charge on any atom is 0.260 e. The molecule has 1 unspecified atom stereocenters. The SMILES string of the molecule is Cc1cc(C)cc(NNC(=O)C(c2cccc3ccccc23)N2CCN(C)CC2)c1. The van der Waals surface area contributed by atoms with Crippen LogP contribution < -0.4 is 10.9 Å². The Morgan fingerprint density at radius 1 is 0.900 bits per heavy atom. The largest absolute Gasteiger partial charge is 0.304 e. The van der Waals surface area contributed by atoms with Gasteiger partial charge in [0.15, 0.2) is 0 Å². The second kappa shape index (κ2) is 8.86. The minimum atomic E-state index is -0.344. The first-order valence-corrected chi connectivity index (χ1v) is 10.6. The van der Waals surface area contributed by atoms with Gasteiger partial charge < -0.3 is 4.90 Å². The summed E-state index contributed by atoms with van der Waals surface area (Å²) in [4.78, 5) is 18.1. The second-order valence-electron chi connectivity index (χ2n) is 8.30. The minimum absolute atomic E-state index is 0.0323. The van der Waals surface area contributed by atoms with Crippen LogP contribution in [-0.2, 0) is 4.79 Å². The summed E-state index contributed by atoms with van der Waals surface area (Å²) in [7, 11) is 2.13. The Bertz CT molecular complexity index is 1010. The van der Waals surface area contributed by atoms with Gasteiger partial charge in [-0.1, -0.05) is 48.5 Å². The monoisotopic (exact) mass is 402 g/mol. The van der Waals surface area contributed by atoms with Crippen molar-refractivity contribution < 1.29 is 4.79 Å². The molecule has 1 heterocycles. The number of nitrogens with one attached hydrogen (secondary N) is 2. The molecule has 0 aliphatic carbocycles. The number of hydrogen-bond donors (Lipinski definition) is 2. The van der Waals surface area contributed by atoms with Crippen molar-refractivity contribution >= 4 is 22.4 Å². The van der Waals surface area contributed by atoms with Crippen LogP contribution in [0.5, 0.6) is 0 Å². The van der Waals surface area contributed by atoms with Crippen LogP contribution in [0.25, 0.3) is 10.8 Å². The van der Waals surface area contributed by atoms with E-state index in [0.29, 0.717) is 0 Å². The number of carbonyl (C=O) groups excluding carboxylic acids is 1. The molecule has 3 aromatic carbocycles. The molecule has 0 bridgehead atoms. The molecule has 0 spiro atoms. The second-order valence-corrected chi connectivity index (χ2v) is 8.30. The molecular formula is C25H30N4O. The van der Waals surface area contributed by atoms with Gasteiger partial charge in [-0.15, -0.1) is 0 Å². The van der Waals surface area contributed by atoms with E-state index in [1.807, 2.05) is 30.3 Å². The fourth-order valence-corrected chi connectivity index (χ4v) is 4.32. The number of rotatable bonds is 5. The van der Waals surface area contributed by atoms with Crippen LogP contribution in [0, 0.1) is 13.8 Å². The summed E-state index contributed by atoms with van der Waals surface area (Å²) in [6.07, 6.45) is 0. The topological polar surface area (TPSA) is 47.6 Å². The third-order valence-electron chi connectivity index (χ3n) is 5.82. The fraction of sp³-hybridized carbons (Fsp3) is 0.320. The Kier molecular flexibility index (Phi) is 6.02. The van der Waals surface area contributed by atoms with Crippen LogP contribution in [0.3, 0.4) is 0 Å².